The van der Waals surface area contributed by atoms with Crippen molar-refractivity contribution < 1.29 is 9.53 Å². The quantitative estimate of drug-likeness (QED) is 0.841. The van der Waals surface area contributed by atoms with Crippen LogP contribution in [0.2, 0.25) is 0 Å². The Hall–Kier alpha value is -2.02. The molecule has 0 aromatic carbocycles. The van der Waals surface area contributed by atoms with Gasteiger partial charge in [-0.2, -0.15) is 9.61 Å². The second kappa shape index (κ2) is 6.61. The smallest absolute Gasteiger partial charge is 0.225 e. The highest BCUT2D eigenvalue weighted by Gasteiger charge is 2.30. The Bertz CT molecular complexity index is 801. The van der Waals surface area contributed by atoms with Crippen molar-refractivity contribution in [2.24, 2.45) is 0 Å². The lowest BCUT2D eigenvalue weighted by atomic mass is 9.95. The molecule has 2 aromatic heterocycles. The molecular formula is C19H25N5O2. The number of piperidine rings is 1. The van der Waals surface area contributed by atoms with Crippen molar-refractivity contribution in [1.29, 1.82) is 0 Å². The molecular weight excluding hydrogens is 330 g/mol. The number of hydrogen-bond acceptors (Lipinski definition) is 5. The topological polar surface area (TPSA) is 72.6 Å². The van der Waals surface area contributed by atoms with Gasteiger partial charge in [0.15, 0.2) is 11.5 Å². The van der Waals surface area contributed by atoms with Crippen LogP contribution in [0.25, 0.3) is 5.65 Å². The van der Waals surface area contributed by atoms with Crippen molar-refractivity contribution in [3.63, 3.8) is 0 Å². The van der Waals surface area contributed by atoms with Gasteiger partial charge in [-0.3, -0.25) is 4.79 Å². The number of ether oxygens (including phenoxy) is 1. The molecule has 4 heterocycles. The summed E-state index contributed by atoms with van der Waals surface area (Å²) in [5.74, 6) is 2.12. The summed E-state index contributed by atoms with van der Waals surface area (Å²) >= 11 is 0. The normalized spacial score (nSPS) is 24.5. The van der Waals surface area contributed by atoms with Gasteiger partial charge in [-0.05, 0) is 50.7 Å². The Labute approximate surface area is 152 Å². The number of rotatable bonds is 4. The van der Waals surface area contributed by atoms with Gasteiger partial charge in [0.2, 0.25) is 5.91 Å². The molecule has 2 aliphatic heterocycles. The molecule has 26 heavy (non-hydrogen) atoms. The zero-order valence-electron chi connectivity index (χ0n) is 15.0. The van der Waals surface area contributed by atoms with Crippen molar-refractivity contribution in [2.75, 3.05) is 19.7 Å². The zero-order valence-corrected chi connectivity index (χ0v) is 15.0. The Morgan fingerprint density at radius 3 is 2.65 bits per heavy atom. The maximum Gasteiger partial charge on any atom is 0.225 e. The summed E-state index contributed by atoms with van der Waals surface area (Å²) in [6.45, 7) is 2.37. The molecule has 1 aliphatic carbocycles. The molecule has 2 aromatic rings. The Morgan fingerprint density at radius 2 is 1.92 bits per heavy atom. The van der Waals surface area contributed by atoms with Gasteiger partial charge in [0.05, 0.1) is 18.2 Å². The first kappa shape index (κ1) is 16.2. The van der Waals surface area contributed by atoms with Gasteiger partial charge < -0.3 is 9.64 Å². The Balaban J connectivity index is 1.25. The van der Waals surface area contributed by atoms with E-state index in [1.165, 1.54) is 12.8 Å². The van der Waals surface area contributed by atoms with Gasteiger partial charge in [0.1, 0.15) is 0 Å². The van der Waals surface area contributed by atoms with Gasteiger partial charge in [0.25, 0.3) is 0 Å². The first-order valence-corrected chi connectivity index (χ1v) is 9.89. The van der Waals surface area contributed by atoms with E-state index in [0.29, 0.717) is 18.3 Å². The summed E-state index contributed by atoms with van der Waals surface area (Å²) in [6.07, 6.45) is 7.08. The van der Waals surface area contributed by atoms with Crippen LogP contribution in [-0.4, -0.2) is 56.4 Å². The standard InChI is InChI=1S/C19H25N5O2/c25-18(12-15-2-1-11-26-15)23-9-7-14(8-10-23)19-21-20-17-6-5-16(13-3-4-13)22-24(17)19/h5-6,13-15H,1-4,7-12H2. The van der Waals surface area contributed by atoms with Crippen molar-refractivity contribution in [3.05, 3.63) is 23.7 Å². The van der Waals surface area contributed by atoms with E-state index in [0.717, 1.165) is 62.5 Å². The van der Waals surface area contributed by atoms with Crippen molar-refractivity contribution >= 4 is 11.6 Å². The highest BCUT2D eigenvalue weighted by Crippen LogP contribution is 2.39. The number of carbonyl (C=O) groups excluding carboxylic acids is 1. The molecule has 0 spiro atoms. The van der Waals surface area contributed by atoms with Crippen LogP contribution < -0.4 is 0 Å². The molecule has 3 aliphatic rings. The lowest BCUT2D eigenvalue weighted by Crippen LogP contribution is -2.39. The molecule has 1 amide bonds. The third-order valence-corrected chi connectivity index (χ3v) is 5.94. The molecule has 0 radical (unpaired) electrons. The molecule has 0 bridgehead atoms. The van der Waals surface area contributed by atoms with Crippen molar-refractivity contribution in [1.82, 2.24) is 24.7 Å². The van der Waals surface area contributed by atoms with E-state index in [9.17, 15) is 4.79 Å². The monoisotopic (exact) mass is 355 g/mol. The van der Waals surface area contributed by atoms with E-state index >= 15 is 0 Å². The number of likely N-dealkylation sites (tertiary alicyclic amines) is 1. The molecule has 1 atom stereocenters. The molecule has 1 unspecified atom stereocenters. The number of carbonyl (C=O) groups is 1. The average molecular weight is 355 g/mol. The van der Waals surface area contributed by atoms with Gasteiger partial charge in [0, 0.05) is 31.5 Å². The molecule has 7 heteroatoms. The lowest BCUT2D eigenvalue weighted by Gasteiger charge is -2.31. The Kier molecular flexibility index (Phi) is 4.11. The number of aromatic nitrogens is 4. The fraction of sp³-hybridized carbons (Fsp3) is 0.684. The van der Waals surface area contributed by atoms with Crippen molar-refractivity contribution in [3.8, 4) is 0 Å². The third-order valence-electron chi connectivity index (χ3n) is 5.94. The minimum Gasteiger partial charge on any atom is -0.378 e. The van der Waals surface area contributed by atoms with E-state index < -0.39 is 0 Å². The van der Waals surface area contributed by atoms with Gasteiger partial charge in [-0.25, -0.2) is 0 Å². The number of fused-ring (bicyclic) bond motifs is 1. The number of hydrogen-bond donors (Lipinski definition) is 0. The second-order valence-corrected chi connectivity index (χ2v) is 7.85. The predicted octanol–water partition coefficient (Wildman–Crippen LogP) is 2.28. The van der Waals surface area contributed by atoms with Gasteiger partial charge >= 0.3 is 0 Å². The van der Waals surface area contributed by atoms with Crippen LogP contribution in [0, 0.1) is 0 Å². The summed E-state index contributed by atoms with van der Waals surface area (Å²) in [5.41, 5.74) is 1.98. The van der Waals surface area contributed by atoms with Crippen molar-refractivity contribution in [2.45, 2.75) is 62.9 Å². The molecule has 2 saturated heterocycles. The summed E-state index contributed by atoms with van der Waals surface area (Å²) in [7, 11) is 0. The fourth-order valence-electron chi connectivity index (χ4n) is 4.19. The summed E-state index contributed by atoms with van der Waals surface area (Å²) in [6, 6.07) is 4.11. The maximum absolute atomic E-state index is 12.5. The van der Waals surface area contributed by atoms with E-state index in [1.807, 2.05) is 15.5 Å². The van der Waals surface area contributed by atoms with Crippen LogP contribution in [-0.2, 0) is 9.53 Å². The molecule has 138 valence electrons. The predicted molar refractivity (Wildman–Crippen MR) is 94.9 cm³/mol. The SMILES string of the molecule is O=C(CC1CCCO1)N1CCC(c2nnc3ccc(C4CC4)nn23)CC1. The maximum atomic E-state index is 12.5. The second-order valence-electron chi connectivity index (χ2n) is 7.85. The van der Waals surface area contributed by atoms with Crippen LogP contribution in [0.5, 0.6) is 0 Å². The fourth-order valence-corrected chi connectivity index (χ4v) is 4.19. The third kappa shape index (κ3) is 3.09. The molecule has 5 rings (SSSR count). The zero-order chi connectivity index (χ0) is 17.5. The van der Waals surface area contributed by atoms with E-state index in [2.05, 4.69) is 16.3 Å². The summed E-state index contributed by atoms with van der Waals surface area (Å²) in [5, 5.41) is 13.5. The first-order valence-electron chi connectivity index (χ1n) is 9.89. The van der Waals surface area contributed by atoms with Gasteiger partial charge in [-0.1, -0.05) is 0 Å². The van der Waals surface area contributed by atoms with Crippen LogP contribution in [0.4, 0.5) is 0 Å². The van der Waals surface area contributed by atoms with Gasteiger partial charge in [-0.15, -0.1) is 10.2 Å². The molecule has 7 nitrogen and oxygen atoms in total. The van der Waals surface area contributed by atoms with E-state index in [1.54, 1.807) is 0 Å². The van der Waals surface area contributed by atoms with Crippen LogP contribution in [0.3, 0.4) is 0 Å². The number of amides is 1. The summed E-state index contributed by atoms with van der Waals surface area (Å²) in [4.78, 5) is 14.5. The highest BCUT2D eigenvalue weighted by atomic mass is 16.5. The minimum atomic E-state index is 0.130. The number of nitrogens with zero attached hydrogens (tertiary/aromatic N) is 5. The van der Waals surface area contributed by atoms with Crippen LogP contribution in [0.15, 0.2) is 12.1 Å². The molecule has 1 saturated carbocycles. The van der Waals surface area contributed by atoms with E-state index in [-0.39, 0.29) is 12.0 Å². The average Bonchev–Trinajstić information content (AvgIpc) is 3.24. The molecule has 0 N–H and O–H groups in total. The molecule has 3 fully saturated rings. The summed E-state index contributed by atoms with van der Waals surface area (Å²) < 4.78 is 7.53. The highest BCUT2D eigenvalue weighted by molar-refractivity contribution is 5.76. The minimum absolute atomic E-state index is 0.130. The largest absolute Gasteiger partial charge is 0.378 e. The van der Waals surface area contributed by atoms with Crippen LogP contribution in [0.1, 0.15) is 68.3 Å². The van der Waals surface area contributed by atoms with E-state index in [4.69, 9.17) is 9.84 Å². The Morgan fingerprint density at radius 1 is 1.08 bits per heavy atom. The first-order chi connectivity index (χ1) is 12.8. The van der Waals surface area contributed by atoms with Crippen LogP contribution >= 0.6 is 0 Å². The lowest BCUT2D eigenvalue weighted by molar-refractivity contribution is -0.134.